The summed E-state index contributed by atoms with van der Waals surface area (Å²) in [6.07, 6.45) is 1.09. The van der Waals surface area contributed by atoms with Gasteiger partial charge in [0.2, 0.25) is 0 Å². The number of rotatable bonds is 2. The average Bonchev–Trinajstić information content (AvgIpc) is 2.30. The summed E-state index contributed by atoms with van der Waals surface area (Å²) < 4.78 is 13.6. The molecule has 1 saturated heterocycles. The molecule has 0 aliphatic carbocycles. The number of nitrogens with zero attached hydrogens (tertiary/aromatic N) is 1. The molecule has 2 nitrogen and oxygen atoms in total. The van der Waals surface area contributed by atoms with E-state index >= 15 is 0 Å². The zero-order chi connectivity index (χ0) is 13.3. The van der Waals surface area contributed by atoms with Gasteiger partial charge in [0.1, 0.15) is 5.82 Å². The van der Waals surface area contributed by atoms with Crippen LogP contribution in [-0.2, 0) is 0 Å². The Balaban J connectivity index is 2.14. The van der Waals surface area contributed by atoms with E-state index in [0.717, 1.165) is 25.1 Å². The minimum absolute atomic E-state index is 0.117. The SMILES string of the molecule is Cc1ccc(C(C)N2CC(C)CC(N)C2)cc1F. The molecule has 1 fully saturated rings. The van der Waals surface area contributed by atoms with Gasteiger partial charge in [-0.25, -0.2) is 4.39 Å². The molecule has 3 atom stereocenters. The first-order valence-electron chi connectivity index (χ1n) is 6.73. The van der Waals surface area contributed by atoms with Crippen molar-refractivity contribution in [3.63, 3.8) is 0 Å². The van der Waals surface area contributed by atoms with E-state index in [1.807, 2.05) is 12.1 Å². The highest BCUT2D eigenvalue weighted by molar-refractivity contribution is 5.25. The summed E-state index contributed by atoms with van der Waals surface area (Å²) in [6.45, 7) is 8.11. The molecule has 1 aliphatic rings. The first kappa shape index (κ1) is 13.5. The number of benzene rings is 1. The lowest BCUT2D eigenvalue weighted by Gasteiger charge is -2.38. The lowest BCUT2D eigenvalue weighted by Crippen LogP contribution is -2.47. The second kappa shape index (κ2) is 5.37. The van der Waals surface area contributed by atoms with Crippen LogP contribution in [0.25, 0.3) is 0 Å². The number of piperidine rings is 1. The summed E-state index contributed by atoms with van der Waals surface area (Å²) in [4.78, 5) is 2.36. The van der Waals surface area contributed by atoms with E-state index in [0.29, 0.717) is 11.5 Å². The van der Waals surface area contributed by atoms with Gasteiger partial charge in [0.05, 0.1) is 0 Å². The van der Waals surface area contributed by atoms with Crippen molar-refractivity contribution < 1.29 is 4.39 Å². The predicted molar refractivity (Wildman–Crippen MR) is 72.9 cm³/mol. The van der Waals surface area contributed by atoms with Crippen LogP contribution in [-0.4, -0.2) is 24.0 Å². The van der Waals surface area contributed by atoms with E-state index in [9.17, 15) is 4.39 Å². The number of nitrogens with two attached hydrogens (primary N) is 1. The van der Waals surface area contributed by atoms with Gasteiger partial charge in [-0.2, -0.15) is 0 Å². The Labute approximate surface area is 109 Å². The topological polar surface area (TPSA) is 29.3 Å². The van der Waals surface area contributed by atoms with Crippen molar-refractivity contribution in [1.82, 2.24) is 4.90 Å². The van der Waals surface area contributed by atoms with Crippen LogP contribution < -0.4 is 5.73 Å². The number of halogens is 1. The molecule has 2 rings (SSSR count). The number of aryl methyl sites for hydroxylation is 1. The van der Waals surface area contributed by atoms with Gasteiger partial charge in [0, 0.05) is 25.2 Å². The second-order valence-corrected chi connectivity index (χ2v) is 5.74. The fraction of sp³-hybridized carbons (Fsp3) is 0.600. The zero-order valence-electron chi connectivity index (χ0n) is 11.5. The summed E-state index contributed by atoms with van der Waals surface area (Å²) in [5.41, 5.74) is 7.81. The minimum atomic E-state index is -0.117. The molecule has 0 bridgehead atoms. The first-order chi connectivity index (χ1) is 8.47. The molecule has 3 heteroatoms. The van der Waals surface area contributed by atoms with Crippen molar-refractivity contribution in [3.05, 3.63) is 35.1 Å². The van der Waals surface area contributed by atoms with Crippen LogP contribution in [0.5, 0.6) is 0 Å². The quantitative estimate of drug-likeness (QED) is 0.874. The Morgan fingerprint density at radius 1 is 1.39 bits per heavy atom. The largest absolute Gasteiger partial charge is 0.327 e. The molecular formula is C15H23FN2. The van der Waals surface area contributed by atoms with E-state index < -0.39 is 0 Å². The maximum atomic E-state index is 13.6. The molecular weight excluding hydrogens is 227 g/mol. The molecule has 100 valence electrons. The van der Waals surface area contributed by atoms with Crippen molar-refractivity contribution >= 4 is 0 Å². The molecule has 1 heterocycles. The fourth-order valence-electron chi connectivity index (χ4n) is 2.84. The molecule has 1 aromatic rings. The highest BCUT2D eigenvalue weighted by atomic mass is 19.1. The highest BCUT2D eigenvalue weighted by Gasteiger charge is 2.26. The van der Waals surface area contributed by atoms with Gasteiger partial charge in [0.15, 0.2) is 0 Å². The third-order valence-electron chi connectivity index (χ3n) is 3.95. The Kier molecular flexibility index (Phi) is 4.03. The van der Waals surface area contributed by atoms with E-state index in [4.69, 9.17) is 5.73 Å². The van der Waals surface area contributed by atoms with Crippen LogP contribution in [0.15, 0.2) is 18.2 Å². The molecule has 0 amide bonds. The Hall–Kier alpha value is -0.930. The highest BCUT2D eigenvalue weighted by Crippen LogP contribution is 2.27. The van der Waals surface area contributed by atoms with Gasteiger partial charge < -0.3 is 5.73 Å². The molecule has 3 unspecified atom stereocenters. The third-order valence-corrected chi connectivity index (χ3v) is 3.95. The molecule has 2 N–H and O–H groups in total. The lowest BCUT2D eigenvalue weighted by atomic mass is 9.94. The van der Waals surface area contributed by atoms with Gasteiger partial charge in [-0.15, -0.1) is 0 Å². The van der Waals surface area contributed by atoms with E-state index in [1.165, 1.54) is 0 Å². The second-order valence-electron chi connectivity index (χ2n) is 5.74. The summed E-state index contributed by atoms with van der Waals surface area (Å²) in [6, 6.07) is 6.01. The van der Waals surface area contributed by atoms with E-state index in [1.54, 1.807) is 13.0 Å². The van der Waals surface area contributed by atoms with Gasteiger partial charge in [0.25, 0.3) is 0 Å². The third kappa shape index (κ3) is 2.90. The van der Waals surface area contributed by atoms with Crippen LogP contribution in [0.4, 0.5) is 4.39 Å². The number of likely N-dealkylation sites (tertiary alicyclic amines) is 1. The van der Waals surface area contributed by atoms with Crippen molar-refractivity contribution in [1.29, 1.82) is 0 Å². The molecule has 0 radical (unpaired) electrons. The molecule has 1 aromatic carbocycles. The van der Waals surface area contributed by atoms with Crippen molar-refractivity contribution in [2.45, 2.75) is 39.3 Å². The summed E-state index contributed by atoms with van der Waals surface area (Å²) in [5.74, 6) is 0.500. The van der Waals surface area contributed by atoms with Crippen LogP contribution in [0.3, 0.4) is 0 Å². The lowest BCUT2D eigenvalue weighted by molar-refractivity contribution is 0.124. The molecule has 18 heavy (non-hydrogen) atoms. The molecule has 0 saturated carbocycles. The van der Waals surface area contributed by atoms with Crippen LogP contribution in [0, 0.1) is 18.7 Å². The summed E-state index contributed by atoms with van der Waals surface area (Å²) >= 11 is 0. The Bertz CT molecular complexity index is 409. The minimum Gasteiger partial charge on any atom is -0.327 e. The van der Waals surface area contributed by atoms with Gasteiger partial charge >= 0.3 is 0 Å². The predicted octanol–water partition coefficient (Wildman–Crippen LogP) is 2.86. The van der Waals surface area contributed by atoms with Crippen LogP contribution >= 0.6 is 0 Å². The monoisotopic (exact) mass is 250 g/mol. The van der Waals surface area contributed by atoms with Crippen LogP contribution in [0.1, 0.15) is 37.4 Å². The maximum Gasteiger partial charge on any atom is 0.126 e. The molecule has 0 aromatic heterocycles. The first-order valence-corrected chi connectivity index (χ1v) is 6.73. The van der Waals surface area contributed by atoms with E-state index in [-0.39, 0.29) is 17.9 Å². The number of hydrogen-bond acceptors (Lipinski definition) is 2. The van der Waals surface area contributed by atoms with E-state index in [2.05, 4.69) is 18.7 Å². The number of hydrogen-bond donors (Lipinski definition) is 1. The van der Waals surface area contributed by atoms with Crippen molar-refractivity contribution in [2.75, 3.05) is 13.1 Å². The smallest absolute Gasteiger partial charge is 0.126 e. The van der Waals surface area contributed by atoms with Crippen molar-refractivity contribution in [3.8, 4) is 0 Å². The fourth-order valence-corrected chi connectivity index (χ4v) is 2.84. The summed E-state index contributed by atoms with van der Waals surface area (Å²) in [7, 11) is 0. The normalized spacial score (nSPS) is 27.2. The van der Waals surface area contributed by atoms with Crippen molar-refractivity contribution in [2.24, 2.45) is 11.7 Å². The van der Waals surface area contributed by atoms with Gasteiger partial charge in [-0.3, -0.25) is 4.90 Å². The Morgan fingerprint density at radius 3 is 2.72 bits per heavy atom. The van der Waals surface area contributed by atoms with Gasteiger partial charge in [-0.1, -0.05) is 19.1 Å². The summed E-state index contributed by atoms with van der Waals surface area (Å²) in [5, 5.41) is 0. The average molecular weight is 250 g/mol. The van der Waals surface area contributed by atoms with Gasteiger partial charge in [-0.05, 0) is 43.4 Å². The van der Waals surface area contributed by atoms with Crippen LogP contribution in [0.2, 0.25) is 0 Å². The zero-order valence-corrected chi connectivity index (χ0v) is 11.5. The molecule has 0 spiro atoms. The standard InChI is InChI=1S/C15H23FN2/c1-10-6-14(17)9-18(8-10)12(3)13-5-4-11(2)15(16)7-13/h4-5,7,10,12,14H,6,8-9,17H2,1-3H3. The maximum absolute atomic E-state index is 13.6. The molecule has 1 aliphatic heterocycles. The Morgan fingerprint density at radius 2 is 2.11 bits per heavy atom.